The molecule has 4 nitrogen and oxygen atoms in total. The van der Waals surface area contributed by atoms with Gasteiger partial charge in [-0.1, -0.05) is 19.1 Å². The summed E-state index contributed by atoms with van der Waals surface area (Å²) in [5.74, 6) is 0.0619. The lowest BCUT2D eigenvalue weighted by molar-refractivity contribution is -0.121. The average Bonchev–Trinajstić information content (AvgIpc) is 2.36. The van der Waals surface area contributed by atoms with Gasteiger partial charge in [-0.15, -0.1) is 0 Å². The van der Waals surface area contributed by atoms with Crippen molar-refractivity contribution in [3.05, 3.63) is 35.7 Å². The third-order valence-electron chi connectivity index (χ3n) is 2.77. The Labute approximate surface area is 106 Å². The molecule has 1 amide bonds. The summed E-state index contributed by atoms with van der Waals surface area (Å²) >= 11 is 0. The van der Waals surface area contributed by atoms with E-state index >= 15 is 0 Å². The molecule has 0 spiro atoms. The van der Waals surface area contributed by atoms with Crippen LogP contribution in [0.25, 0.3) is 11.0 Å². The Kier molecular flexibility index (Phi) is 3.87. The Bertz CT molecular complexity index is 566. The molecule has 0 aliphatic carbocycles. The molecule has 0 aliphatic rings. The van der Waals surface area contributed by atoms with E-state index in [1.54, 1.807) is 0 Å². The van der Waals surface area contributed by atoms with Crippen LogP contribution in [0.3, 0.4) is 0 Å². The average molecular weight is 243 g/mol. The fourth-order valence-electron chi connectivity index (χ4n) is 1.79. The van der Waals surface area contributed by atoms with Crippen molar-refractivity contribution < 1.29 is 4.79 Å². The van der Waals surface area contributed by atoms with E-state index in [9.17, 15) is 4.79 Å². The van der Waals surface area contributed by atoms with Crippen LogP contribution in [0.2, 0.25) is 0 Å². The van der Waals surface area contributed by atoms with Gasteiger partial charge in [-0.05, 0) is 25.5 Å². The van der Waals surface area contributed by atoms with E-state index in [0.29, 0.717) is 13.0 Å². The van der Waals surface area contributed by atoms with Crippen LogP contribution in [0.1, 0.15) is 31.2 Å². The van der Waals surface area contributed by atoms with Gasteiger partial charge in [0.25, 0.3) is 0 Å². The van der Waals surface area contributed by atoms with E-state index in [0.717, 1.165) is 28.8 Å². The second-order valence-corrected chi connectivity index (χ2v) is 4.27. The summed E-state index contributed by atoms with van der Waals surface area (Å²) in [4.78, 5) is 20.4. The minimum atomic E-state index is 0.0619. The summed E-state index contributed by atoms with van der Waals surface area (Å²) in [5.41, 5.74) is 3.45. The monoisotopic (exact) mass is 243 g/mol. The molecule has 0 atom stereocenters. The number of hydrogen-bond donors (Lipinski definition) is 1. The first-order valence-electron chi connectivity index (χ1n) is 6.19. The number of hydrogen-bond acceptors (Lipinski definition) is 3. The molecule has 0 saturated heterocycles. The summed E-state index contributed by atoms with van der Waals surface area (Å²) in [6.07, 6.45) is 1.41. The fourth-order valence-corrected chi connectivity index (χ4v) is 1.79. The maximum Gasteiger partial charge on any atom is 0.220 e. The zero-order chi connectivity index (χ0) is 13.0. The quantitative estimate of drug-likeness (QED) is 0.896. The van der Waals surface area contributed by atoms with Gasteiger partial charge in [0.2, 0.25) is 5.91 Å². The Morgan fingerprint density at radius 2 is 1.89 bits per heavy atom. The third-order valence-corrected chi connectivity index (χ3v) is 2.77. The van der Waals surface area contributed by atoms with Crippen LogP contribution in [0, 0.1) is 6.92 Å². The summed E-state index contributed by atoms with van der Waals surface area (Å²) in [6.45, 7) is 4.35. The van der Waals surface area contributed by atoms with Crippen LogP contribution < -0.4 is 5.32 Å². The van der Waals surface area contributed by atoms with Gasteiger partial charge in [-0.2, -0.15) is 0 Å². The van der Waals surface area contributed by atoms with Crippen LogP contribution in [0.15, 0.2) is 24.3 Å². The normalized spacial score (nSPS) is 10.6. The van der Waals surface area contributed by atoms with Crippen LogP contribution in [0.4, 0.5) is 0 Å². The van der Waals surface area contributed by atoms with Crippen LogP contribution in [-0.2, 0) is 11.3 Å². The van der Waals surface area contributed by atoms with E-state index in [1.165, 1.54) is 0 Å². The van der Waals surface area contributed by atoms with Crippen LogP contribution >= 0.6 is 0 Å². The molecule has 1 N–H and O–H groups in total. The first kappa shape index (κ1) is 12.5. The number of nitrogens with one attached hydrogen (secondary N) is 1. The van der Waals surface area contributed by atoms with Crippen molar-refractivity contribution in [3.8, 4) is 0 Å². The summed E-state index contributed by atoms with van der Waals surface area (Å²) in [5, 5.41) is 2.86. The van der Waals surface area contributed by atoms with E-state index in [-0.39, 0.29) is 5.91 Å². The molecule has 2 aromatic rings. The Morgan fingerprint density at radius 1 is 1.22 bits per heavy atom. The molecule has 94 valence electrons. The van der Waals surface area contributed by atoms with Gasteiger partial charge in [0.15, 0.2) is 0 Å². The minimum Gasteiger partial charge on any atom is -0.350 e. The molecule has 1 heterocycles. The van der Waals surface area contributed by atoms with Crippen molar-refractivity contribution in [2.45, 2.75) is 33.2 Å². The first-order chi connectivity index (χ1) is 8.70. The maximum atomic E-state index is 11.4. The second kappa shape index (κ2) is 5.58. The lowest BCUT2D eigenvalue weighted by Gasteiger charge is -2.07. The highest BCUT2D eigenvalue weighted by Crippen LogP contribution is 2.11. The van der Waals surface area contributed by atoms with Gasteiger partial charge in [0.05, 0.1) is 29.0 Å². The zero-order valence-electron chi connectivity index (χ0n) is 10.7. The number of fused-ring (bicyclic) bond motifs is 1. The predicted octanol–water partition coefficient (Wildman–Crippen LogP) is 2.35. The van der Waals surface area contributed by atoms with E-state index in [1.807, 2.05) is 38.1 Å². The molecule has 0 bridgehead atoms. The van der Waals surface area contributed by atoms with Gasteiger partial charge in [-0.25, -0.2) is 9.97 Å². The number of carbonyl (C=O) groups is 1. The van der Waals surface area contributed by atoms with Crippen LogP contribution in [-0.4, -0.2) is 15.9 Å². The van der Waals surface area contributed by atoms with Crippen molar-refractivity contribution in [3.63, 3.8) is 0 Å². The molecular formula is C14H17N3O. The van der Waals surface area contributed by atoms with Crippen molar-refractivity contribution in [1.29, 1.82) is 0 Å². The first-order valence-corrected chi connectivity index (χ1v) is 6.19. The lowest BCUT2D eigenvalue weighted by Crippen LogP contribution is -2.23. The van der Waals surface area contributed by atoms with Crippen molar-refractivity contribution >= 4 is 16.9 Å². The highest BCUT2D eigenvalue weighted by molar-refractivity contribution is 5.76. The smallest absolute Gasteiger partial charge is 0.220 e. The van der Waals surface area contributed by atoms with Gasteiger partial charge in [0.1, 0.15) is 0 Å². The molecule has 18 heavy (non-hydrogen) atoms. The summed E-state index contributed by atoms with van der Waals surface area (Å²) in [6, 6.07) is 7.75. The lowest BCUT2D eigenvalue weighted by atomic mass is 10.2. The largest absolute Gasteiger partial charge is 0.350 e. The van der Waals surface area contributed by atoms with Gasteiger partial charge >= 0.3 is 0 Å². The van der Waals surface area contributed by atoms with Crippen LogP contribution in [0.5, 0.6) is 0 Å². The molecule has 1 aromatic carbocycles. The van der Waals surface area contributed by atoms with Gasteiger partial charge in [0, 0.05) is 6.42 Å². The number of para-hydroxylation sites is 2. The van der Waals surface area contributed by atoms with E-state index in [4.69, 9.17) is 0 Å². The molecule has 0 aliphatic heterocycles. The van der Waals surface area contributed by atoms with Gasteiger partial charge in [-0.3, -0.25) is 4.79 Å². The third kappa shape index (κ3) is 2.83. The molecule has 1 aromatic heterocycles. The number of rotatable bonds is 4. The fraction of sp³-hybridized carbons (Fsp3) is 0.357. The Balaban J connectivity index is 2.17. The molecule has 0 radical (unpaired) electrons. The molecule has 0 fully saturated rings. The topological polar surface area (TPSA) is 54.9 Å². The predicted molar refractivity (Wildman–Crippen MR) is 71.0 cm³/mol. The molecular weight excluding hydrogens is 226 g/mol. The number of benzene rings is 1. The summed E-state index contributed by atoms with van der Waals surface area (Å²) in [7, 11) is 0. The Hall–Kier alpha value is -1.97. The standard InChI is InChI=1S/C14H17N3O/c1-3-6-14(18)15-9-13-10(2)16-11-7-4-5-8-12(11)17-13/h4-5,7-8H,3,6,9H2,1-2H3,(H,15,18). The highest BCUT2D eigenvalue weighted by atomic mass is 16.1. The van der Waals surface area contributed by atoms with Gasteiger partial charge < -0.3 is 5.32 Å². The SMILES string of the molecule is CCCC(=O)NCc1nc2ccccc2nc1C. The Morgan fingerprint density at radius 3 is 2.56 bits per heavy atom. The highest BCUT2D eigenvalue weighted by Gasteiger charge is 2.06. The summed E-state index contributed by atoms with van der Waals surface area (Å²) < 4.78 is 0. The molecule has 4 heteroatoms. The zero-order valence-corrected chi connectivity index (χ0v) is 10.7. The van der Waals surface area contributed by atoms with E-state index < -0.39 is 0 Å². The number of nitrogens with zero attached hydrogens (tertiary/aromatic N) is 2. The number of carbonyl (C=O) groups excluding carboxylic acids is 1. The number of amides is 1. The second-order valence-electron chi connectivity index (χ2n) is 4.27. The minimum absolute atomic E-state index is 0.0619. The number of aryl methyl sites for hydroxylation is 1. The molecule has 2 rings (SSSR count). The number of aromatic nitrogens is 2. The van der Waals surface area contributed by atoms with E-state index in [2.05, 4.69) is 15.3 Å². The van der Waals surface area contributed by atoms with Crippen molar-refractivity contribution in [2.75, 3.05) is 0 Å². The van der Waals surface area contributed by atoms with Crippen molar-refractivity contribution in [2.24, 2.45) is 0 Å². The molecule has 0 saturated carbocycles. The van der Waals surface area contributed by atoms with Crippen molar-refractivity contribution in [1.82, 2.24) is 15.3 Å². The molecule has 0 unspecified atom stereocenters. The maximum absolute atomic E-state index is 11.4.